The molecule has 3 heterocycles. The summed E-state index contributed by atoms with van der Waals surface area (Å²) in [5.74, 6) is -19.1. The highest BCUT2D eigenvalue weighted by Gasteiger charge is 2.79. The molecule has 592 valence electrons. The van der Waals surface area contributed by atoms with E-state index in [4.69, 9.17) is 39.2 Å². The van der Waals surface area contributed by atoms with Gasteiger partial charge in [0, 0.05) is 74.3 Å². The number of aromatic nitrogens is 4. The van der Waals surface area contributed by atoms with Gasteiger partial charge in [-0.3, -0.25) is 43.3 Å². The zero-order valence-electron chi connectivity index (χ0n) is 61.6. The number of fused-ring (bicyclic) bond motifs is 6. The van der Waals surface area contributed by atoms with Gasteiger partial charge in [-0.1, -0.05) is 99.6 Å². The molecule has 2 bridgehead atoms. The van der Waals surface area contributed by atoms with Gasteiger partial charge in [0.05, 0.1) is 64.7 Å². The molecular weight excluding hydrogens is 1480 g/mol. The number of rotatable bonds is 29. The number of hydrogen-bond donors (Lipinski definition) is 12. The maximum Gasteiger partial charge on any atom is 0.339 e. The van der Waals surface area contributed by atoms with E-state index in [1.807, 2.05) is 0 Å². The Morgan fingerprint density at radius 3 is 1.98 bits per heavy atom. The van der Waals surface area contributed by atoms with Gasteiger partial charge >= 0.3 is 41.8 Å². The third-order valence-corrected chi connectivity index (χ3v) is 20.9. The van der Waals surface area contributed by atoms with Gasteiger partial charge < -0.3 is 81.5 Å². The lowest BCUT2D eigenvalue weighted by atomic mass is 9.45. The molecule has 12 atom stereocenters. The Morgan fingerprint density at radius 2 is 1.35 bits per heavy atom. The van der Waals surface area contributed by atoms with Crippen LogP contribution in [0.3, 0.4) is 0 Å². The summed E-state index contributed by atoms with van der Waals surface area (Å²) in [4.78, 5) is 206. The van der Waals surface area contributed by atoms with Crippen molar-refractivity contribution in [2.24, 2.45) is 22.7 Å². The number of aromatic carboxylic acids is 2. The van der Waals surface area contributed by atoms with Crippen molar-refractivity contribution in [1.82, 2.24) is 41.2 Å². The number of aliphatic carboxylic acids is 1. The number of carboxylic acid groups (broad SMARTS) is 3. The highest BCUT2D eigenvalue weighted by atomic mass is 17.2. The smallest absolute Gasteiger partial charge is 0.339 e. The van der Waals surface area contributed by atoms with Gasteiger partial charge in [-0.15, -0.1) is 0 Å². The standard InChI is InChI=1S/C78H80N10O25/c1-38-52(110-73(105)59(92)57(42-18-12-8-13-19-42)86-66(95)43-20-14-9-15-21-43)33-78(106)63(113-108-36-41-16-10-7-11-17-41)61-76(6,62(93)60(109-39(2)89)56(38)75(78,4)5)53(32-54-77(61,37-107-54)112-40(3)90)111-72(104)50-31-48(69(98)99)47(30-49(50)70(100)101)67(96)81-29-28-80-55(91)27-26-51(71(102)103)85-65(94)44-22-24-45(25-23-44)82-34-46-35-83-64-58(84-46)68(97)88-74(79)87-64/h7-25,30-31,35,38,51-54,57,59,61,63,82,92,106H,26-29,32-34,36-37H2,1-6H3,(H,80,91)(H,81,96)(H,85,94)(H,86,95)(H,98,99)(H,100,101)(H,102,103)(H3,79,83,87,88,97)/t38?,51-,52-,53?,54+,57-,59+,61-,63-,76+,77-,78+/m0/s1. The first-order chi connectivity index (χ1) is 53.7. The van der Waals surface area contributed by atoms with Gasteiger partial charge in [0.15, 0.2) is 28.6 Å². The molecule has 1 aliphatic heterocycles. The van der Waals surface area contributed by atoms with Crippen LogP contribution in [0.1, 0.15) is 152 Å². The third-order valence-electron chi connectivity index (χ3n) is 20.9. The number of aromatic amines is 1. The van der Waals surface area contributed by atoms with E-state index in [-0.39, 0.29) is 59.1 Å². The van der Waals surface area contributed by atoms with E-state index >= 15 is 9.59 Å². The molecule has 3 fully saturated rings. The average molecular weight is 1560 g/mol. The molecule has 4 aliphatic rings. The van der Waals surface area contributed by atoms with Crippen LogP contribution >= 0.6 is 0 Å². The number of benzene rings is 5. The maximum absolute atomic E-state index is 16.7. The predicted molar refractivity (Wildman–Crippen MR) is 391 cm³/mol. The minimum absolute atomic E-state index is 0.0292. The van der Waals surface area contributed by atoms with Gasteiger partial charge in [-0.2, -0.15) is 4.98 Å². The number of hydrogen-bond acceptors (Lipinski definition) is 27. The number of allylic oxidation sites excluding steroid dienone is 1. The zero-order valence-corrected chi connectivity index (χ0v) is 61.6. The fourth-order valence-corrected chi connectivity index (χ4v) is 15.1. The van der Waals surface area contributed by atoms with Crippen molar-refractivity contribution in [2.45, 2.75) is 134 Å². The molecule has 2 saturated carbocycles. The van der Waals surface area contributed by atoms with Crippen LogP contribution < -0.4 is 37.9 Å². The average Bonchev–Trinajstić information content (AvgIpc) is 0.667. The van der Waals surface area contributed by atoms with Crippen molar-refractivity contribution < 1.29 is 117 Å². The molecule has 35 heteroatoms. The van der Waals surface area contributed by atoms with Crippen LogP contribution in [0.2, 0.25) is 0 Å². The fourth-order valence-electron chi connectivity index (χ4n) is 15.1. The summed E-state index contributed by atoms with van der Waals surface area (Å²) >= 11 is 0. The molecule has 7 aromatic rings. The highest BCUT2D eigenvalue weighted by molar-refractivity contribution is 6.11. The van der Waals surface area contributed by atoms with Crippen molar-refractivity contribution in [3.63, 3.8) is 0 Å². The molecule has 4 amide bonds. The number of nitrogen functional groups attached to an aromatic ring is 1. The molecule has 2 unspecified atom stereocenters. The van der Waals surface area contributed by atoms with E-state index < -0.39 is 220 Å². The summed E-state index contributed by atoms with van der Waals surface area (Å²) in [6, 6.07) is 28.3. The van der Waals surface area contributed by atoms with Crippen LogP contribution in [0.15, 0.2) is 150 Å². The molecular formula is C78H80N10O25. The van der Waals surface area contributed by atoms with E-state index in [9.17, 15) is 78.3 Å². The van der Waals surface area contributed by atoms with Crippen LogP contribution in [0, 0.1) is 22.7 Å². The third kappa shape index (κ3) is 16.8. The summed E-state index contributed by atoms with van der Waals surface area (Å²) in [6.07, 6.45) is -10.0. The summed E-state index contributed by atoms with van der Waals surface area (Å²) in [5, 5.41) is 70.7. The Hall–Kier alpha value is -12.7. The normalized spacial score (nSPS) is 22.7. The summed E-state index contributed by atoms with van der Waals surface area (Å²) in [5.41, 5.74) is -6.25. The Morgan fingerprint density at radius 1 is 0.735 bits per heavy atom. The minimum Gasteiger partial charge on any atom is -0.480 e. The van der Waals surface area contributed by atoms with Crippen LogP contribution in [0.4, 0.5) is 11.6 Å². The first-order valence-corrected chi connectivity index (χ1v) is 35.6. The number of ketones is 1. The predicted octanol–water partition coefficient (Wildman–Crippen LogP) is 4.22. The second-order valence-electron chi connectivity index (χ2n) is 28.3. The summed E-state index contributed by atoms with van der Waals surface area (Å²) < 4.78 is 30.9. The number of nitrogens with zero attached hydrogens (tertiary/aromatic N) is 3. The maximum atomic E-state index is 16.7. The summed E-state index contributed by atoms with van der Waals surface area (Å²) in [7, 11) is 0. The number of aliphatic hydroxyl groups is 2. The number of anilines is 2. The number of nitrogens with two attached hydrogens (primary N) is 1. The minimum atomic E-state index is -2.63. The Kier molecular flexibility index (Phi) is 24.1. The molecule has 0 spiro atoms. The first-order valence-electron chi connectivity index (χ1n) is 35.6. The lowest BCUT2D eigenvalue weighted by Crippen LogP contribution is -2.81. The van der Waals surface area contributed by atoms with E-state index in [1.165, 1.54) is 70.3 Å². The number of nitrogens with one attached hydrogen (secondary N) is 6. The lowest BCUT2D eigenvalue weighted by molar-refractivity contribution is -0.420. The van der Waals surface area contributed by atoms with Crippen LogP contribution in [-0.4, -0.2) is 184 Å². The molecule has 3 aliphatic carbocycles. The molecule has 5 aromatic carbocycles. The molecule has 2 aromatic heterocycles. The molecule has 13 N–H and O–H groups in total. The number of carbonyl (C=O) groups excluding carboxylic acids is 9. The second-order valence-corrected chi connectivity index (χ2v) is 28.3. The molecule has 113 heavy (non-hydrogen) atoms. The van der Waals surface area contributed by atoms with Gasteiger partial charge in [-0.25, -0.2) is 43.7 Å². The van der Waals surface area contributed by atoms with Crippen molar-refractivity contribution >= 4 is 94.0 Å². The number of ether oxygens (including phenoxy) is 5. The largest absolute Gasteiger partial charge is 0.480 e. The van der Waals surface area contributed by atoms with Crippen molar-refractivity contribution in [2.75, 3.05) is 30.7 Å². The van der Waals surface area contributed by atoms with E-state index in [2.05, 4.69) is 46.5 Å². The first kappa shape index (κ1) is 81.3. The topological polar surface area (TPSA) is 528 Å². The van der Waals surface area contributed by atoms with E-state index in [0.717, 1.165) is 13.8 Å². The van der Waals surface area contributed by atoms with Gasteiger partial charge in [0.2, 0.25) is 17.6 Å². The monoisotopic (exact) mass is 1560 g/mol. The highest BCUT2D eigenvalue weighted by Crippen LogP contribution is 2.65. The quantitative estimate of drug-likeness (QED) is 0.0103. The number of Topliss-reactive ketones (excluding diaryl/α,β-unsaturated/α-hetero) is 1. The fraction of sp³-hybridized carbons (Fsp3) is 0.359. The number of amides is 4. The molecule has 35 nitrogen and oxygen atoms in total. The van der Waals surface area contributed by atoms with Gasteiger partial charge in [0.25, 0.3) is 23.3 Å². The van der Waals surface area contributed by atoms with Crippen molar-refractivity contribution in [3.05, 3.63) is 205 Å². The Labute approximate surface area is 642 Å². The Bertz CT molecular complexity index is 5010. The SMILES string of the molecule is CC(=O)OC1=C2C(C)[C@@H](OC(=O)[C@H](O)[C@@H](NC(=O)c3ccccc3)c3ccccc3)C[C@@](O)([C@@H](OOCc3ccccc3)[C@@H]3[C@]4(OC(C)=O)CO[C@@H]4CC(OC(=O)c4cc(C(=O)O)c(C(=O)NCCNC(=O)CC[C@H](NC(=O)c5ccc(NCc6cnc7nc(N)[nH]c(=O)c7n6)cc5)C(=O)O)cc4C(=O)O)[C@@]3(C)C1=O)C2(C)C. The number of carboxylic acids is 3. The number of carbonyl (C=O) groups is 12. The van der Waals surface area contributed by atoms with Gasteiger partial charge in [-0.05, 0) is 78.6 Å². The molecule has 1 saturated heterocycles. The number of esters is 4. The van der Waals surface area contributed by atoms with E-state index in [0.29, 0.717) is 29.1 Å². The van der Waals surface area contributed by atoms with Crippen LogP contribution in [0.5, 0.6) is 0 Å². The van der Waals surface area contributed by atoms with E-state index in [1.54, 1.807) is 78.9 Å². The zero-order chi connectivity index (χ0) is 81.6. The number of aliphatic hydroxyl groups excluding tert-OH is 1. The van der Waals surface area contributed by atoms with Crippen molar-refractivity contribution in [1.29, 1.82) is 0 Å². The van der Waals surface area contributed by atoms with Crippen LogP contribution in [-0.2, 0) is 75.4 Å². The van der Waals surface area contributed by atoms with Gasteiger partial charge in [0.1, 0.15) is 42.7 Å². The second kappa shape index (κ2) is 33.5. The molecule has 0 radical (unpaired) electrons. The van der Waals surface area contributed by atoms with Crippen molar-refractivity contribution in [3.8, 4) is 0 Å². The van der Waals surface area contributed by atoms with Crippen LogP contribution in [0.25, 0.3) is 11.2 Å². The molecule has 11 rings (SSSR count). The number of H-pyrrole nitrogens is 1. The summed E-state index contributed by atoms with van der Waals surface area (Å²) in [6.45, 7) is 6.00. The Balaban J connectivity index is 0.837. The lowest BCUT2D eigenvalue weighted by Gasteiger charge is -2.67.